The molecule has 0 aromatic carbocycles. The highest BCUT2D eigenvalue weighted by Crippen LogP contribution is 2.16. The number of carboxylic acids is 1. The van der Waals surface area contributed by atoms with Gasteiger partial charge in [-0.2, -0.15) is 0 Å². The summed E-state index contributed by atoms with van der Waals surface area (Å²) in [4.78, 5) is 23.0. The fourth-order valence-corrected chi connectivity index (χ4v) is 2.18. The van der Waals surface area contributed by atoms with Gasteiger partial charge in [-0.1, -0.05) is 52.9 Å². The summed E-state index contributed by atoms with van der Waals surface area (Å²) in [5, 5.41) is 11.9. The molecule has 4 heteroatoms. The Labute approximate surface area is 117 Å². The molecular formula is C15H29NO3. The molecule has 0 aromatic heterocycles. The molecule has 0 aliphatic heterocycles. The highest BCUT2D eigenvalue weighted by Gasteiger charge is 2.35. The lowest BCUT2D eigenvalue weighted by atomic mass is 9.92. The zero-order valence-electron chi connectivity index (χ0n) is 12.6. The third kappa shape index (κ3) is 6.60. The first kappa shape index (κ1) is 17.9. The molecule has 0 unspecified atom stereocenters. The summed E-state index contributed by atoms with van der Waals surface area (Å²) in [6, 6.07) is 0. The molecule has 4 nitrogen and oxygen atoms in total. The second kappa shape index (κ2) is 9.82. The minimum Gasteiger partial charge on any atom is -0.480 e. The Morgan fingerprint density at radius 3 is 1.95 bits per heavy atom. The molecule has 112 valence electrons. The first-order valence-electron chi connectivity index (χ1n) is 7.56. The van der Waals surface area contributed by atoms with Crippen molar-refractivity contribution in [1.29, 1.82) is 0 Å². The normalized spacial score (nSPS) is 11.3. The zero-order valence-corrected chi connectivity index (χ0v) is 12.6. The molecule has 0 saturated heterocycles. The van der Waals surface area contributed by atoms with Gasteiger partial charge >= 0.3 is 5.97 Å². The highest BCUT2D eigenvalue weighted by atomic mass is 16.4. The molecule has 0 bridgehead atoms. The van der Waals surface area contributed by atoms with Crippen LogP contribution in [0.1, 0.15) is 78.6 Å². The largest absolute Gasteiger partial charge is 0.480 e. The Morgan fingerprint density at radius 1 is 0.947 bits per heavy atom. The summed E-state index contributed by atoms with van der Waals surface area (Å²) < 4.78 is 0. The van der Waals surface area contributed by atoms with Crippen LogP contribution in [0.15, 0.2) is 0 Å². The van der Waals surface area contributed by atoms with Crippen molar-refractivity contribution < 1.29 is 14.7 Å². The Morgan fingerprint density at radius 2 is 1.47 bits per heavy atom. The van der Waals surface area contributed by atoms with Gasteiger partial charge in [0.2, 0.25) is 5.91 Å². The summed E-state index contributed by atoms with van der Waals surface area (Å²) in [5.41, 5.74) is -1.08. The van der Waals surface area contributed by atoms with Gasteiger partial charge in [-0.3, -0.25) is 4.79 Å². The Bertz CT molecular complexity index is 273. The van der Waals surface area contributed by atoms with Gasteiger partial charge in [-0.15, -0.1) is 0 Å². The van der Waals surface area contributed by atoms with Crippen molar-refractivity contribution in [3.63, 3.8) is 0 Å². The molecule has 0 atom stereocenters. The number of nitrogens with one attached hydrogen (secondary N) is 1. The van der Waals surface area contributed by atoms with E-state index in [4.69, 9.17) is 0 Å². The van der Waals surface area contributed by atoms with Crippen LogP contribution in [0.2, 0.25) is 0 Å². The molecule has 0 aromatic rings. The van der Waals surface area contributed by atoms with E-state index in [9.17, 15) is 14.7 Å². The molecule has 1 amide bonds. The number of carbonyl (C=O) groups excluding carboxylic acids is 1. The van der Waals surface area contributed by atoms with Crippen LogP contribution in [-0.2, 0) is 9.59 Å². The van der Waals surface area contributed by atoms with Gasteiger partial charge in [0.25, 0.3) is 0 Å². The Balaban J connectivity index is 3.98. The summed E-state index contributed by atoms with van der Waals surface area (Å²) in [6.07, 6.45) is 8.01. The molecule has 0 aliphatic carbocycles. The van der Waals surface area contributed by atoms with Gasteiger partial charge in [-0.05, 0) is 19.3 Å². The summed E-state index contributed by atoms with van der Waals surface area (Å²) in [7, 11) is 0. The van der Waals surface area contributed by atoms with E-state index in [1.54, 1.807) is 13.8 Å². The zero-order chi connectivity index (χ0) is 14.7. The van der Waals surface area contributed by atoms with Gasteiger partial charge in [0, 0.05) is 6.42 Å². The maximum atomic E-state index is 11.8. The van der Waals surface area contributed by atoms with Gasteiger partial charge < -0.3 is 10.4 Å². The second-order valence-corrected chi connectivity index (χ2v) is 5.16. The third-order valence-electron chi connectivity index (χ3n) is 3.75. The van der Waals surface area contributed by atoms with E-state index in [0.717, 1.165) is 19.3 Å². The van der Waals surface area contributed by atoms with Crippen molar-refractivity contribution >= 4 is 11.9 Å². The van der Waals surface area contributed by atoms with E-state index in [0.29, 0.717) is 19.3 Å². The number of rotatable bonds is 11. The van der Waals surface area contributed by atoms with Crippen LogP contribution in [0, 0.1) is 0 Å². The van der Waals surface area contributed by atoms with Crippen molar-refractivity contribution in [1.82, 2.24) is 5.32 Å². The van der Waals surface area contributed by atoms with Crippen molar-refractivity contribution in [2.75, 3.05) is 0 Å². The van der Waals surface area contributed by atoms with Crippen LogP contribution < -0.4 is 5.32 Å². The van der Waals surface area contributed by atoms with E-state index < -0.39 is 11.5 Å². The van der Waals surface area contributed by atoms with E-state index in [-0.39, 0.29) is 5.91 Å². The van der Waals surface area contributed by atoms with Crippen molar-refractivity contribution in [2.45, 2.75) is 84.1 Å². The van der Waals surface area contributed by atoms with Gasteiger partial charge in [0.1, 0.15) is 5.54 Å². The molecule has 0 aliphatic rings. The topological polar surface area (TPSA) is 66.4 Å². The van der Waals surface area contributed by atoms with E-state index in [2.05, 4.69) is 12.2 Å². The molecule has 0 saturated carbocycles. The fourth-order valence-electron chi connectivity index (χ4n) is 2.18. The molecule has 0 radical (unpaired) electrons. The third-order valence-corrected chi connectivity index (χ3v) is 3.75. The quantitative estimate of drug-likeness (QED) is 0.565. The van der Waals surface area contributed by atoms with E-state index >= 15 is 0 Å². The molecule has 2 N–H and O–H groups in total. The molecule has 19 heavy (non-hydrogen) atoms. The monoisotopic (exact) mass is 271 g/mol. The lowest BCUT2D eigenvalue weighted by molar-refractivity contribution is -0.148. The smallest absolute Gasteiger partial charge is 0.329 e. The number of hydrogen-bond acceptors (Lipinski definition) is 2. The standard InChI is InChI=1S/C15H29NO3/c1-4-7-8-9-10-11-12-13(17)16-15(5-2,6-3)14(18)19/h4-12H2,1-3H3,(H,16,17)(H,18,19). The highest BCUT2D eigenvalue weighted by molar-refractivity contribution is 5.86. The first-order valence-corrected chi connectivity index (χ1v) is 7.56. The van der Waals surface area contributed by atoms with Crippen molar-refractivity contribution in [2.24, 2.45) is 0 Å². The van der Waals surface area contributed by atoms with Crippen LogP contribution >= 0.6 is 0 Å². The number of hydrogen-bond donors (Lipinski definition) is 2. The summed E-state index contributed by atoms with van der Waals surface area (Å²) in [5.74, 6) is -1.07. The average molecular weight is 271 g/mol. The number of carbonyl (C=O) groups is 2. The van der Waals surface area contributed by atoms with Crippen LogP contribution in [-0.4, -0.2) is 22.5 Å². The molecule has 0 rings (SSSR count). The van der Waals surface area contributed by atoms with E-state index in [1.807, 2.05) is 0 Å². The fraction of sp³-hybridized carbons (Fsp3) is 0.867. The number of aliphatic carboxylic acids is 1. The lowest BCUT2D eigenvalue weighted by Crippen LogP contribution is -2.53. The minimum atomic E-state index is -1.08. The number of carboxylic acid groups (broad SMARTS) is 1. The lowest BCUT2D eigenvalue weighted by Gasteiger charge is -2.28. The SMILES string of the molecule is CCCCCCCCC(=O)NC(CC)(CC)C(=O)O. The van der Waals surface area contributed by atoms with Crippen molar-refractivity contribution in [3.8, 4) is 0 Å². The second-order valence-electron chi connectivity index (χ2n) is 5.16. The van der Waals surface area contributed by atoms with Gasteiger partial charge in [-0.25, -0.2) is 4.79 Å². The molecule has 0 heterocycles. The van der Waals surface area contributed by atoms with Gasteiger partial charge in [0.15, 0.2) is 0 Å². The Hall–Kier alpha value is -1.06. The van der Waals surface area contributed by atoms with Crippen LogP contribution in [0.25, 0.3) is 0 Å². The molecule has 0 spiro atoms. The number of unbranched alkanes of at least 4 members (excludes halogenated alkanes) is 5. The first-order chi connectivity index (χ1) is 9.02. The number of amides is 1. The molecular weight excluding hydrogens is 242 g/mol. The van der Waals surface area contributed by atoms with Crippen LogP contribution in [0.4, 0.5) is 0 Å². The summed E-state index contributed by atoms with van der Waals surface area (Å²) >= 11 is 0. The molecule has 0 fully saturated rings. The maximum absolute atomic E-state index is 11.8. The minimum absolute atomic E-state index is 0.137. The van der Waals surface area contributed by atoms with Gasteiger partial charge in [0.05, 0.1) is 0 Å². The van der Waals surface area contributed by atoms with E-state index in [1.165, 1.54) is 19.3 Å². The summed E-state index contributed by atoms with van der Waals surface area (Å²) in [6.45, 7) is 5.76. The average Bonchev–Trinajstić information content (AvgIpc) is 2.39. The van der Waals surface area contributed by atoms with Crippen LogP contribution in [0.5, 0.6) is 0 Å². The van der Waals surface area contributed by atoms with Crippen LogP contribution in [0.3, 0.4) is 0 Å². The van der Waals surface area contributed by atoms with Crippen molar-refractivity contribution in [3.05, 3.63) is 0 Å². The Kier molecular flexibility index (Phi) is 9.27. The maximum Gasteiger partial charge on any atom is 0.329 e. The predicted octanol–water partition coefficient (Wildman–Crippen LogP) is 3.50. The predicted molar refractivity (Wildman–Crippen MR) is 77.1 cm³/mol.